The molecule has 0 aliphatic carbocycles. The summed E-state index contributed by atoms with van der Waals surface area (Å²) >= 11 is 3.33. The van der Waals surface area contributed by atoms with Crippen LogP contribution in [0.4, 0.5) is 0 Å². The van der Waals surface area contributed by atoms with Gasteiger partial charge in [0.2, 0.25) is 5.88 Å². The van der Waals surface area contributed by atoms with E-state index in [1.807, 2.05) is 19.9 Å². The second kappa shape index (κ2) is 4.57. The fourth-order valence-corrected chi connectivity index (χ4v) is 1.65. The Morgan fingerprint density at radius 2 is 1.94 bits per heavy atom. The van der Waals surface area contributed by atoms with Gasteiger partial charge >= 0.3 is 0 Å². The van der Waals surface area contributed by atoms with E-state index in [0.29, 0.717) is 17.5 Å². The summed E-state index contributed by atoms with van der Waals surface area (Å²) in [5.41, 5.74) is 0.880. The van der Waals surface area contributed by atoms with E-state index in [1.165, 1.54) is 0 Å². The topological polar surface area (TPSA) is 47.9 Å². The largest absolute Gasteiger partial charge is 0.437 e. The van der Waals surface area contributed by atoms with Crippen molar-refractivity contribution >= 4 is 15.9 Å². The van der Waals surface area contributed by atoms with Gasteiger partial charge in [0.25, 0.3) is 0 Å². The van der Waals surface area contributed by atoms with Crippen LogP contribution in [0, 0.1) is 13.8 Å². The van der Waals surface area contributed by atoms with E-state index in [4.69, 9.17) is 4.74 Å². The van der Waals surface area contributed by atoms with E-state index in [2.05, 4.69) is 30.9 Å². The summed E-state index contributed by atoms with van der Waals surface area (Å²) in [6.07, 6.45) is 3.33. The van der Waals surface area contributed by atoms with Crippen LogP contribution in [0.1, 0.15) is 11.5 Å². The summed E-state index contributed by atoms with van der Waals surface area (Å²) in [5.74, 6) is 1.87. The Balaban J connectivity index is 2.27. The third-order valence-electron chi connectivity index (χ3n) is 1.84. The number of hydrogen-bond acceptors (Lipinski definition) is 4. The summed E-state index contributed by atoms with van der Waals surface area (Å²) in [7, 11) is 0. The molecular weight excluding hydrogens is 270 g/mol. The van der Waals surface area contributed by atoms with Crippen LogP contribution in [0.2, 0.25) is 0 Å². The van der Waals surface area contributed by atoms with Gasteiger partial charge in [-0.25, -0.2) is 4.98 Å². The highest BCUT2D eigenvalue weighted by molar-refractivity contribution is 9.10. The van der Waals surface area contributed by atoms with Gasteiger partial charge in [-0.15, -0.1) is 0 Å². The Bertz CT molecular complexity index is 496. The lowest BCUT2D eigenvalue weighted by Crippen LogP contribution is -1.95. The van der Waals surface area contributed by atoms with E-state index in [9.17, 15) is 0 Å². The Morgan fingerprint density at radius 3 is 2.62 bits per heavy atom. The number of aromatic nitrogens is 3. The molecule has 0 spiro atoms. The third kappa shape index (κ3) is 2.76. The summed E-state index contributed by atoms with van der Waals surface area (Å²) < 4.78 is 6.45. The molecule has 16 heavy (non-hydrogen) atoms. The lowest BCUT2D eigenvalue weighted by atomic mass is 10.4. The van der Waals surface area contributed by atoms with Crippen molar-refractivity contribution < 1.29 is 4.74 Å². The Kier molecular flexibility index (Phi) is 3.14. The van der Waals surface area contributed by atoms with Crippen molar-refractivity contribution in [3.8, 4) is 11.6 Å². The zero-order valence-corrected chi connectivity index (χ0v) is 10.5. The molecule has 2 aromatic heterocycles. The maximum atomic E-state index is 5.58. The van der Waals surface area contributed by atoms with Crippen molar-refractivity contribution in [3.63, 3.8) is 0 Å². The van der Waals surface area contributed by atoms with Gasteiger partial charge in [-0.2, -0.15) is 4.98 Å². The average molecular weight is 280 g/mol. The number of pyridine rings is 1. The number of halogens is 1. The first kappa shape index (κ1) is 11.0. The van der Waals surface area contributed by atoms with E-state index in [0.717, 1.165) is 10.2 Å². The molecular formula is C11H10BrN3O. The molecule has 0 radical (unpaired) electrons. The van der Waals surface area contributed by atoms with Gasteiger partial charge in [-0.1, -0.05) is 0 Å². The minimum atomic E-state index is 0.532. The monoisotopic (exact) mass is 279 g/mol. The molecule has 0 amide bonds. The fraction of sp³-hybridized carbons (Fsp3) is 0.182. The van der Waals surface area contributed by atoms with Gasteiger partial charge in [0, 0.05) is 22.4 Å². The van der Waals surface area contributed by atoms with Gasteiger partial charge in [0.1, 0.15) is 11.6 Å². The predicted octanol–water partition coefficient (Wildman–Crippen LogP) is 3.04. The van der Waals surface area contributed by atoms with Crippen molar-refractivity contribution in [2.75, 3.05) is 0 Å². The van der Waals surface area contributed by atoms with Crippen LogP contribution in [0.5, 0.6) is 11.6 Å². The normalized spacial score (nSPS) is 10.2. The highest BCUT2D eigenvalue weighted by atomic mass is 79.9. The van der Waals surface area contributed by atoms with Gasteiger partial charge in [0.15, 0.2) is 0 Å². The van der Waals surface area contributed by atoms with Crippen molar-refractivity contribution in [3.05, 3.63) is 40.5 Å². The molecule has 4 nitrogen and oxygen atoms in total. The minimum Gasteiger partial charge on any atom is -0.437 e. The van der Waals surface area contributed by atoms with Gasteiger partial charge < -0.3 is 4.74 Å². The summed E-state index contributed by atoms with van der Waals surface area (Å²) in [4.78, 5) is 12.4. The van der Waals surface area contributed by atoms with Crippen molar-refractivity contribution in [1.29, 1.82) is 0 Å². The quantitative estimate of drug-likeness (QED) is 0.848. The zero-order chi connectivity index (χ0) is 11.5. The molecule has 2 aromatic rings. The van der Waals surface area contributed by atoms with Crippen LogP contribution in [0.3, 0.4) is 0 Å². The Labute approximate surface area is 102 Å². The predicted molar refractivity (Wildman–Crippen MR) is 63.5 cm³/mol. The molecule has 0 aromatic carbocycles. The first-order valence-corrected chi connectivity index (χ1v) is 5.53. The van der Waals surface area contributed by atoms with E-state index < -0.39 is 0 Å². The van der Waals surface area contributed by atoms with Crippen LogP contribution in [0.15, 0.2) is 29.0 Å². The number of nitrogens with zero attached hydrogens (tertiary/aromatic N) is 3. The number of ether oxygens (including phenoxy) is 1. The maximum Gasteiger partial charge on any atom is 0.222 e. The molecule has 82 valence electrons. The van der Waals surface area contributed by atoms with Crippen LogP contribution in [0.25, 0.3) is 0 Å². The molecule has 0 saturated heterocycles. The molecule has 0 saturated carbocycles. The van der Waals surface area contributed by atoms with Crippen LogP contribution < -0.4 is 4.74 Å². The summed E-state index contributed by atoms with van der Waals surface area (Å²) in [6, 6.07) is 3.62. The summed E-state index contributed by atoms with van der Waals surface area (Å²) in [5, 5.41) is 0. The van der Waals surface area contributed by atoms with Crippen molar-refractivity contribution in [2.45, 2.75) is 13.8 Å². The molecule has 0 bridgehead atoms. The second-order valence-electron chi connectivity index (χ2n) is 3.34. The molecule has 0 atom stereocenters. The first-order valence-electron chi connectivity index (χ1n) is 4.74. The third-order valence-corrected chi connectivity index (χ3v) is 2.28. The molecule has 0 unspecified atom stereocenters. The van der Waals surface area contributed by atoms with Crippen molar-refractivity contribution in [2.24, 2.45) is 0 Å². The molecule has 5 heteroatoms. The lowest BCUT2D eigenvalue weighted by molar-refractivity contribution is 0.456. The molecule has 2 rings (SSSR count). The van der Waals surface area contributed by atoms with Crippen LogP contribution in [-0.2, 0) is 0 Å². The van der Waals surface area contributed by atoms with Gasteiger partial charge in [-0.3, -0.25) is 4.98 Å². The van der Waals surface area contributed by atoms with Crippen molar-refractivity contribution in [1.82, 2.24) is 15.0 Å². The highest BCUT2D eigenvalue weighted by Crippen LogP contribution is 2.21. The van der Waals surface area contributed by atoms with E-state index in [-0.39, 0.29) is 0 Å². The van der Waals surface area contributed by atoms with E-state index >= 15 is 0 Å². The Hall–Kier alpha value is -1.49. The van der Waals surface area contributed by atoms with Gasteiger partial charge in [0.05, 0.1) is 6.20 Å². The standard InChI is InChI=1S/C11H10BrN3O/c1-7-3-11(15-8(2)14-7)16-10-4-9(12)5-13-6-10/h3-6H,1-2H3. The fourth-order valence-electron chi connectivity index (χ4n) is 1.30. The van der Waals surface area contributed by atoms with E-state index in [1.54, 1.807) is 18.5 Å². The zero-order valence-electron chi connectivity index (χ0n) is 8.94. The molecule has 0 fully saturated rings. The van der Waals surface area contributed by atoms with Crippen LogP contribution in [-0.4, -0.2) is 15.0 Å². The Morgan fingerprint density at radius 1 is 1.12 bits per heavy atom. The molecule has 0 N–H and O–H groups in total. The highest BCUT2D eigenvalue weighted by Gasteiger charge is 2.02. The van der Waals surface area contributed by atoms with Gasteiger partial charge in [-0.05, 0) is 35.8 Å². The molecule has 2 heterocycles. The SMILES string of the molecule is Cc1cc(Oc2cncc(Br)c2)nc(C)n1. The minimum absolute atomic E-state index is 0.532. The smallest absolute Gasteiger partial charge is 0.222 e. The molecule has 0 aliphatic heterocycles. The number of aryl methyl sites for hydroxylation is 2. The maximum absolute atomic E-state index is 5.58. The lowest BCUT2D eigenvalue weighted by Gasteiger charge is -2.05. The first-order chi connectivity index (χ1) is 7.63. The number of rotatable bonds is 2. The van der Waals surface area contributed by atoms with Crippen LogP contribution >= 0.6 is 15.9 Å². The second-order valence-corrected chi connectivity index (χ2v) is 4.25. The average Bonchev–Trinajstić information content (AvgIpc) is 2.15. The number of hydrogen-bond donors (Lipinski definition) is 0. The summed E-state index contributed by atoms with van der Waals surface area (Å²) in [6.45, 7) is 3.74. The molecule has 0 aliphatic rings.